The number of carbonyl (C=O) groups is 1. The Kier molecular flexibility index (Phi) is 7.42. The lowest BCUT2D eigenvalue weighted by Gasteiger charge is -2.33. The molecule has 1 N–H and O–H groups in total. The molecule has 29 heavy (non-hydrogen) atoms. The second kappa shape index (κ2) is 10.0. The first-order valence-corrected chi connectivity index (χ1v) is 11.6. The fraction of sp³-hybridized carbons (Fsp3) is 0.524. The molecular weight excluding hydrogens is 388 g/mol. The standard InChI is InChI=1S/C21H28N4O3S/c22-16-19-8-4-5-9-20(19)29(27,28)25-14-12-24(13-15-25)17-21(26)23-11-10-18-6-2-1-3-7-18/h4-6,8-9H,1-3,7,10-15,17H2,(H,23,26). The second-order valence-electron chi connectivity index (χ2n) is 7.50. The minimum absolute atomic E-state index is 0.0208. The molecule has 156 valence electrons. The number of allylic oxidation sites excluding steroid dienone is 1. The van der Waals surface area contributed by atoms with E-state index in [4.69, 9.17) is 0 Å². The van der Waals surface area contributed by atoms with E-state index in [0.717, 1.165) is 19.3 Å². The van der Waals surface area contributed by atoms with Gasteiger partial charge < -0.3 is 5.32 Å². The Morgan fingerprint density at radius 2 is 1.90 bits per heavy atom. The number of hydrogen-bond acceptors (Lipinski definition) is 5. The molecule has 1 aromatic carbocycles. The van der Waals surface area contributed by atoms with Crippen LogP contribution in [0.25, 0.3) is 0 Å². The summed E-state index contributed by atoms with van der Waals surface area (Å²) in [7, 11) is -3.71. The summed E-state index contributed by atoms with van der Waals surface area (Å²) in [5.74, 6) is -0.0208. The van der Waals surface area contributed by atoms with Crippen LogP contribution in [-0.4, -0.2) is 62.8 Å². The van der Waals surface area contributed by atoms with E-state index in [9.17, 15) is 18.5 Å². The zero-order valence-corrected chi connectivity index (χ0v) is 17.5. The predicted octanol–water partition coefficient (Wildman–Crippen LogP) is 1.87. The summed E-state index contributed by atoms with van der Waals surface area (Å²) in [5.41, 5.74) is 1.59. The van der Waals surface area contributed by atoms with Gasteiger partial charge in [-0.1, -0.05) is 23.8 Å². The van der Waals surface area contributed by atoms with Crippen molar-refractivity contribution in [3.8, 4) is 6.07 Å². The third-order valence-corrected chi connectivity index (χ3v) is 7.43. The fourth-order valence-electron chi connectivity index (χ4n) is 3.80. The van der Waals surface area contributed by atoms with Gasteiger partial charge in [-0.05, 0) is 44.2 Å². The molecule has 0 unspecified atom stereocenters. The molecule has 2 aliphatic rings. The van der Waals surface area contributed by atoms with Crippen LogP contribution in [-0.2, 0) is 14.8 Å². The molecular formula is C21H28N4O3S. The van der Waals surface area contributed by atoms with Crippen LogP contribution >= 0.6 is 0 Å². The van der Waals surface area contributed by atoms with Crippen LogP contribution in [0, 0.1) is 11.3 Å². The zero-order valence-electron chi connectivity index (χ0n) is 16.6. The number of nitrogens with zero attached hydrogens (tertiary/aromatic N) is 3. The van der Waals surface area contributed by atoms with Crippen LogP contribution < -0.4 is 5.32 Å². The van der Waals surface area contributed by atoms with E-state index in [-0.39, 0.29) is 22.9 Å². The number of nitrogens with one attached hydrogen (secondary N) is 1. The van der Waals surface area contributed by atoms with Crippen molar-refractivity contribution in [2.24, 2.45) is 0 Å². The third kappa shape index (κ3) is 5.66. The average Bonchev–Trinajstić information content (AvgIpc) is 2.75. The molecule has 8 heteroatoms. The Labute approximate surface area is 173 Å². The van der Waals surface area contributed by atoms with Gasteiger partial charge in [0, 0.05) is 32.7 Å². The molecule has 1 aliphatic carbocycles. The molecule has 0 atom stereocenters. The van der Waals surface area contributed by atoms with Gasteiger partial charge in [0.15, 0.2) is 0 Å². The van der Waals surface area contributed by atoms with Crippen molar-refractivity contribution in [3.05, 3.63) is 41.5 Å². The summed E-state index contributed by atoms with van der Waals surface area (Å²) in [4.78, 5) is 14.2. The summed E-state index contributed by atoms with van der Waals surface area (Å²) < 4.78 is 27.1. The molecule has 1 fully saturated rings. The van der Waals surface area contributed by atoms with Gasteiger partial charge in [0.05, 0.1) is 17.0 Å². The molecule has 0 radical (unpaired) electrons. The molecule has 0 aromatic heterocycles. The number of rotatable bonds is 7. The minimum Gasteiger partial charge on any atom is -0.355 e. The first-order chi connectivity index (χ1) is 14.0. The number of sulfonamides is 1. The number of nitriles is 1. The zero-order chi connectivity index (χ0) is 20.7. The lowest BCUT2D eigenvalue weighted by atomic mass is 9.97. The monoisotopic (exact) mass is 416 g/mol. The molecule has 3 rings (SSSR count). The minimum atomic E-state index is -3.71. The van der Waals surface area contributed by atoms with Crippen LogP contribution in [0.1, 0.15) is 37.7 Å². The summed E-state index contributed by atoms with van der Waals surface area (Å²) in [6.07, 6.45) is 8.00. The molecule has 0 saturated carbocycles. The van der Waals surface area contributed by atoms with Gasteiger partial charge in [-0.2, -0.15) is 9.57 Å². The number of hydrogen-bond donors (Lipinski definition) is 1. The van der Waals surface area contributed by atoms with Gasteiger partial charge in [0.2, 0.25) is 15.9 Å². The van der Waals surface area contributed by atoms with Gasteiger partial charge in [0.25, 0.3) is 0 Å². The maximum atomic E-state index is 12.9. The lowest BCUT2D eigenvalue weighted by Crippen LogP contribution is -2.51. The van der Waals surface area contributed by atoms with E-state index in [1.54, 1.807) is 12.1 Å². The highest BCUT2D eigenvalue weighted by molar-refractivity contribution is 7.89. The number of amides is 1. The smallest absolute Gasteiger partial charge is 0.244 e. The van der Waals surface area contributed by atoms with Crippen LogP contribution in [0.4, 0.5) is 0 Å². The fourth-order valence-corrected chi connectivity index (χ4v) is 5.37. The Bertz CT molecular complexity index is 897. The Hall–Kier alpha value is -2.21. The van der Waals surface area contributed by atoms with Gasteiger partial charge in [0.1, 0.15) is 6.07 Å². The number of benzene rings is 1. The molecule has 1 aromatic rings. The topological polar surface area (TPSA) is 93.5 Å². The Morgan fingerprint density at radius 3 is 2.59 bits per heavy atom. The summed E-state index contributed by atoms with van der Waals surface area (Å²) in [6.45, 7) is 2.54. The quantitative estimate of drug-likeness (QED) is 0.685. The normalized spacial score (nSPS) is 18.7. The van der Waals surface area contributed by atoms with Gasteiger partial charge in [-0.3, -0.25) is 9.69 Å². The summed E-state index contributed by atoms with van der Waals surface area (Å²) >= 11 is 0. The SMILES string of the molecule is N#Cc1ccccc1S(=O)(=O)N1CCN(CC(=O)NCCC2=CCCCC2)CC1. The first kappa shape index (κ1) is 21.5. The van der Waals surface area contributed by atoms with E-state index >= 15 is 0 Å². The van der Waals surface area contributed by atoms with Crippen LogP contribution in [0.3, 0.4) is 0 Å². The third-order valence-electron chi connectivity index (χ3n) is 5.48. The maximum absolute atomic E-state index is 12.9. The summed E-state index contributed by atoms with van der Waals surface area (Å²) in [6, 6.07) is 8.20. The summed E-state index contributed by atoms with van der Waals surface area (Å²) in [5, 5.41) is 12.2. The molecule has 1 heterocycles. The van der Waals surface area contributed by atoms with Crippen molar-refractivity contribution in [2.75, 3.05) is 39.3 Å². The Balaban J connectivity index is 1.45. The van der Waals surface area contributed by atoms with Crippen molar-refractivity contribution in [3.63, 3.8) is 0 Å². The van der Waals surface area contributed by atoms with E-state index in [2.05, 4.69) is 11.4 Å². The second-order valence-corrected chi connectivity index (χ2v) is 9.40. The highest BCUT2D eigenvalue weighted by Gasteiger charge is 2.30. The van der Waals surface area contributed by atoms with E-state index in [1.807, 2.05) is 11.0 Å². The van der Waals surface area contributed by atoms with Crippen molar-refractivity contribution < 1.29 is 13.2 Å². The van der Waals surface area contributed by atoms with Gasteiger partial charge in [-0.15, -0.1) is 0 Å². The molecule has 1 aliphatic heterocycles. The largest absolute Gasteiger partial charge is 0.355 e. The van der Waals surface area contributed by atoms with Crippen molar-refractivity contribution in [2.45, 2.75) is 37.0 Å². The lowest BCUT2D eigenvalue weighted by molar-refractivity contribution is -0.122. The molecule has 1 saturated heterocycles. The number of carbonyl (C=O) groups excluding carboxylic acids is 1. The van der Waals surface area contributed by atoms with Crippen molar-refractivity contribution in [1.29, 1.82) is 5.26 Å². The van der Waals surface area contributed by atoms with E-state index in [1.165, 1.54) is 34.9 Å². The maximum Gasteiger partial charge on any atom is 0.244 e. The molecule has 7 nitrogen and oxygen atoms in total. The van der Waals surface area contributed by atoms with Crippen LogP contribution in [0.5, 0.6) is 0 Å². The van der Waals surface area contributed by atoms with Crippen LogP contribution in [0.15, 0.2) is 40.8 Å². The van der Waals surface area contributed by atoms with E-state index < -0.39 is 10.0 Å². The highest BCUT2D eigenvalue weighted by atomic mass is 32.2. The van der Waals surface area contributed by atoms with Crippen molar-refractivity contribution in [1.82, 2.24) is 14.5 Å². The van der Waals surface area contributed by atoms with Crippen molar-refractivity contribution >= 4 is 15.9 Å². The van der Waals surface area contributed by atoms with Gasteiger partial charge >= 0.3 is 0 Å². The number of piperazine rings is 1. The first-order valence-electron chi connectivity index (χ1n) is 10.2. The molecule has 0 bridgehead atoms. The molecule has 0 spiro atoms. The predicted molar refractivity (Wildman–Crippen MR) is 111 cm³/mol. The highest BCUT2D eigenvalue weighted by Crippen LogP contribution is 2.21. The molecule has 1 amide bonds. The van der Waals surface area contributed by atoms with Gasteiger partial charge in [-0.25, -0.2) is 8.42 Å². The van der Waals surface area contributed by atoms with Crippen LogP contribution in [0.2, 0.25) is 0 Å². The average molecular weight is 417 g/mol. The Morgan fingerprint density at radius 1 is 1.14 bits per heavy atom. The van der Waals surface area contributed by atoms with E-state index in [0.29, 0.717) is 32.7 Å².